The summed E-state index contributed by atoms with van der Waals surface area (Å²) in [5.74, 6) is -0.0159. The van der Waals surface area contributed by atoms with Crippen LogP contribution in [0.3, 0.4) is 0 Å². The average Bonchev–Trinajstić information content (AvgIpc) is 2.60. The Morgan fingerprint density at radius 2 is 1.79 bits per heavy atom. The Kier molecular flexibility index (Phi) is 3.85. The van der Waals surface area contributed by atoms with E-state index in [9.17, 15) is 13.2 Å². The molecule has 0 unspecified atom stereocenters. The first kappa shape index (κ1) is 15.7. The van der Waals surface area contributed by atoms with E-state index in [4.69, 9.17) is 0 Å². The molecule has 5 heteroatoms. The molecule has 0 spiro atoms. The predicted molar refractivity (Wildman–Crippen MR) is 86.9 cm³/mol. The third-order valence-electron chi connectivity index (χ3n) is 5.12. The Balaban J connectivity index is 1.84. The van der Waals surface area contributed by atoms with Crippen molar-refractivity contribution in [1.29, 1.82) is 0 Å². The Labute approximate surface area is 139 Å². The Bertz CT molecular complexity index is 727. The third-order valence-corrected chi connectivity index (χ3v) is 5.12. The van der Waals surface area contributed by atoms with Crippen LogP contribution in [0.4, 0.5) is 13.2 Å². The van der Waals surface area contributed by atoms with Gasteiger partial charge in [0.25, 0.3) is 0 Å². The van der Waals surface area contributed by atoms with Gasteiger partial charge in [-0.2, -0.15) is 13.2 Å². The Hall–Kier alpha value is -1.85. The van der Waals surface area contributed by atoms with Gasteiger partial charge in [-0.25, -0.2) is 0 Å². The molecule has 1 N–H and O–H groups in total. The van der Waals surface area contributed by atoms with Crippen molar-refractivity contribution in [3.63, 3.8) is 0 Å². The number of fused-ring (bicyclic) bond motifs is 3. The minimum Gasteiger partial charge on any atom is -0.314 e. The van der Waals surface area contributed by atoms with Gasteiger partial charge >= 0.3 is 6.18 Å². The molecule has 2 aliphatic rings. The lowest BCUT2D eigenvalue weighted by Crippen LogP contribution is -2.50. The molecule has 1 saturated heterocycles. The number of hydrogen-bond acceptors (Lipinski definition) is 2. The molecule has 4 rings (SSSR count). The molecule has 2 nitrogen and oxygen atoms in total. The molecular weight excluding hydrogens is 313 g/mol. The SMILES string of the molecule is FC(F)(F)c1ccc2c(c1)[C@@H](c1ccccc1)CN1CCNC[C@@H]21. The standard InChI is InChI=1S/C19H19F3N2/c20-19(21,22)14-6-7-15-16(10-14)17(13-4-2-1-3-5-13)12-24-9-8-23-11-18(15)24/h1-7,10,17-18,23H,8-9,11-12H2/t17-,18+/m1/s1. The van der Waals surface area contributed by atoms with Gasteiger partial charge in [-0.15, -0.1) is 0 Å². The van der Waals surface area contributed by atoms with Crippen LogP contribution in [-0.4, -0.2) is 31.1 Å². The lowest BCUT2D eigenvalue weighted by atomic mass is 9.80. The van der Waals surface area contributed by atoms with E-state index >= 15 is 0 Å². The number of alkyl halides is 3. The number of halogens is 3. The van der Waals surface area contributed by atoms with Crippen LogP contribution < -0.4 is 5.32 Å². The van der Waals surface area contributed by atoms with E-state index in [2.05, 4.69) is 10.2 Å². The summed E-state index contributed by atoms with van der Waals surface area (Å²) in [6, 6.07) is 14.3. The van der Waals surface area contributed by atoms with Crippen LogP contribution in [0.15, 0.2) is 48.5 Å². The first-order valence-electron chi connectivity index (χ1n) is 8.25. The van der Waals surface area contributed by atoms with Crippen molar-refractivity contribution in [3.05, 3.63) is 70.8 Å². The fourth-order valence-electron chi connectivity index (χ4n) is 3.93. The van der Waals surface area contributed by atoms with Crippen molar-refractivity contribution >= 4 is 0 Å². The van der Waals surface area contributed by atoms with E-state index in [-0.39, 0.29) is 12.0 Å². The molecule has 0 aromatic heterocycles. The van der Waals surface area contributed by atoms with Crippen molar-refractivity contribution in [3.8, 4) is 0 Å². The number of rotatable bonds is 1. The maximum absolute atomic E-state index is 13.2. The summed E-state index contributed by atoms with van der Waals surface area (Å²) in [4.78, 5) is 2.39. The zero-order valence-electron chi connectivity index (χ0n) is 13.2. The fraction of sp³-hybridized carbons (Fsp3) is 0.368. The maximum atomic E-state index is 13.2. The lowest BCUT2D eigenvalue weighted by Gasteiger charge is -2.44. The zero-order chi connectivity index (χ0) is 16.7. The molecule has 24 heavy (non-hydrogen) atoms. The van der Waals surface area contributed by atoms with Crippen LogP contribution in [0.5, 0.6) is 0 Å². The zero-order valence-corrected chi connectivity index (χ0v) is 13.2. The van der Waals surface area contributed by atoms with Gasteiger partial charge in [-0.3, -0.25) is 4.90 Å². The summed E-state index contributed by atoms with van der Waals surface area (Å²) < 4.78 is 39.6. The molecule has 2 aromatic rings. The Morgan fingerprint density at radius 3 is 2.54 bits per heavy atom. The predicted octanol–water partition coefficient (Wildman–Crippen LogP) is 3.80. The smallest absolute Gasteiger partial charge is 0.314 e. The molecule has 0 radical (unpaired) electrons. The van der Waals surface area contributed by atoms with Gasteiger partial charge in [0, 0.05) is 38.1 Å². The monoisotopic (exact) mass is 332 g/mol. The maximum Gasteiger partial charge on any atom is 0.416 e. The first-order valence-corrected chi connectivity index (χ1v) is 8.25. The van der Waals surface area contributed by atoms with E-state index in [0.29, 0.717) is 0 Å². The van der Waals surface area contributed by atoms with E-state index < -0.39 is 11.7 Å². The molecule has 1 fully saturated rings. The van der Waals surface area contributed by atoms with Crippen molar-refractivity contribution < 1.29 is 13.2 Å². The molecule has 0 amide bonds. The number of nitrogens with one attached hydrogen (secondary N) is 1. The average molecular weight is 332 g/mol. The largest absolute Gasteiger partial charge is 0.416 e. The molecule has 2 heterocycles. The van der Waals surface area contributed by atoms with Crippen LogP contribution in [0.25, 0.3) is 0 Å². The van der Waals surface area contributed by atoms with Crippen LogP contribution >= 0.6 is 0 Å². The van der Waals surface area contributed by atoms with Crippen LogP contribution in [0.1, 0.15) is 34.2 Å². The second kappa shape index (κ2) is 5.90. The highest BCUT2D eigenvalue weighted by Gasteiger charge is 2.38. The van der Waals surface area contributed by atoms with Crippen LogP contribution in [0, 0.1) is 0 Å². The molecule has 126 valence electrons. The van der Waals surface area contributed by atoms with Crippen molar-refractivity contribution in [2.75, 3.05) is 26.2 Å². The summed E-state index contributed by atoms with van der Waals surface area (Å²) in [6.07, 6.45) is -4.31. The Morgan fingerprint density at radius 1 is 1.00 bits per heavy atom. The second-order valence-corrected chi connectivity index (χ2v) is 6.52. The molecule has 2 atom stereocenters. The topological polar surface area (TPSA) is 15.3 Å². The number of nitrogens with zero attached hydrogens (tertiary/aromatic N) is 1. The second-order valence-electron chi connectivity index (χ2n) is 6.52. The third kappa shape index (κ3) is 2.72. The minimum atomic E-state index is -4.31. The minimum absolute atomic E-state index is 0.0159. The van der Waals surface area contributed by atoms with E-state index in [1.165, 1.54) is 12.1 Å². The number of piperazine rings is 1. The number of benzene rings is 2. The van der Waals surface area contributed by atoms with Crippen LogP contribution in [0.2, 0.25) is 0 Å². The summed E-state index contributed by atoms with van der Waals surface area (Å²) in [5, 5.41) is 3.36. The van der Waals surface area contributed by atoms with Gasteiger partial charge in [0.05, 0.1) is 5.56 Å². The number of hydrogen-bond donors (Lipinski definition) is 1. The molecule has 2 aliphatic heterocycles. The van der Waals surface area contributed by atoms with Gasteiger partial charge in [-0.1, -0.05) is 36.4 Å². The van der Waals surface area contributed by atoms with Gasteiger partial charge in [0.1, 0.15) is 0 Å². The quantitative estimate of drug-likeness (QED) is 0.855. The van der Waals surface area contributed by atoms with Gasteiger partial charge in [-0.05, 0) is 28.8 Å². The fourth-order valence-corrected chi connectivity index (χ4v) is 3.93. The highest BCUT2D eigenvalue weighted by atomic mass is 19.4. The van der Waals surface area contributed by atoms with Gasteiger partial charge in [0.15, 0.2) is 0 Å². The molecule has 2 aromatic carbocycles. The normalized spacial score (nSPS) is 24.3. The summed E-state index contributed by atoms with van der Waals surface area (Å²) in [7, 11) is 0. The summed E-state index contributed by atoms with van der Waals surface area (Å²) in [5.41, 5.74) is 2.37. The first-order chi connectivity index (χ1) is 11.5. The molecular formula is C19H19F3N2. The highest BCUT2D eigenvalue weighted by Crippen LogP contribution is 2.42. The van der Waals surface area contributed by atoms with Crippen molar-refractivity contribution in [2.24, 2.45) is 0 Å². The van der Waals surface area contributed by atoms with E-state index in [1.54, 1.807) is 6.07 Å². The summed E-state index contributed by atoms with van der Waals surface area (Å²) >= 11 is 0. The van der Waals surface area contributed by atoms with E-state index in [1.807, 2.05) is 30.3 Å². The molecule has 0 saturated carbocycles. The van der Waals surface area contributed by atoms with Gasteiger partial charge in [0.2, 0.25) is 0 Å². The molecule has 0 aliphatic carbocycles. The van der Waals surface area contributed by atoms with Crippen LogP contribution in [-0.2, 0) is 6.18 Å². The highest BCUT2D eigenvalue weighted by molar-refractivity contribution is 5.45. The summed E-state index contributed by atoms with van der Waals surface area (Å²) in [6.45, 7) is 3.41. The lowest BCUT2D eigenvalue weighted by molar-refractivity contribution is -0.137. The van der Waals surface area contributed by atoms with Crippen molar-refractivity contribution in [1.82, 2.24) is 10.2 Å². The van der Waals surface area contributed by atoms with Gasteiger partial charge < -0.3 is 5.32 Å². The van der Waals surface area contributed by atoms with Crippen molar-refractivity contribution in [2.45, 2.75) is 18.1 Å². The molecule has 0 bridgehead atoms. The van der Waals surface area contributed by atoms with E-state index in [0.717, 1.165) is 42.9 Å².